The molecule has 1 aliphatic rings. The number of carbonyl (C=O) groups excluding carboxylic acids is 2. The number of amides is 1. The van der Waals surface area contributed by atoms with E-state index >= 15 is 0 Å². The third kappa shape index (κ3) is 5.55. The summed E-state index contributed by atoms with van der Waals surface area (Å²) in [4.78, 5) is 27.7. The maximum Gasteiger partial charge on any atom is 0.260 e. The summed E-state index contributed by atoms with van der Waals surface area (Å²) in [5.41, 5.74) is 1.67. The quantitative estimate of drug-likeness (QED) is 0.715. The van der Waals surface area contributed by atoms with E-state index in [0.29, 0.717) is 24.4 Å². The van der Waals surface area contributed by atoms with E-state index in [1.165, 1.54) is 5.56 Å². The zero-order valence-corrected chi connectivity index (χ0v) is 15.9. The Morgan fingerprint density at radius 1 is 1.04 bits per heavy atom. The van der Waals surface area contributed by atoms with Gasteiger partial charge in [0.25, 0.3) is 5.91 Å². The minimum absolute atomic E-state index is 0.0518. The van der Waals surface area contributed by atoms with Crippen LogP contribution >= 0.6 is 11.6 Å². The van der Waals surface area contributed by atoms with Crippen molar-refractivity contribution in [1.82, 2.24) is 9.80 Å². The van der Waals surface area contributed by atoms with Crippen molar-refractivity contribution in [1.29, 1.82) is 0 Å². The van der Waals surface area contributed by atoms with Crippen molar-refractivity contribution in [3.63, 3.8) is 0 Å². The van der Waals surface area contributed by atoms with Gasteiger partial charge >= 0.3 is 0 Å². The first-order valence-corrected chi connectivity index (χ1v) is 9.45. The summed E-state index contributed by atoms with van der Waals surface area (Å²) < 4.78 is 5.57. The molecule has 1 fully saturated rings. The first-order valence-electron chi connectivity index (χ1n) is 9.07. The molecule has 0 N–H and O–H groups in total. The van der Waals surface area contributed by atoms with E-state index in [-0.39, 0.29) is 12.5 Å². The number of halogens is 1. The van der Waals surface area contributed by atoms with Crippen LogP contribution in [0.15, 0.2) is 48.5 Å². The van der Waals surface area contributed by atoms with Crippen LogP contribution in [-0.4, -0.2) is 54.8 Å². The zero-order valence-electron chi connectivity index (χ0n) is 15.1. The number of hydrogen-bond acceptors (Lipinski definition) is 4. The first kappa shape index (κ1) is 19.4. The van der Waals surface area contributed by atoms with Gasteiger partial charge in [-0.15, -0.1) is 0 Å². The van der Waals surface area contributed by atoms with E-state index in [2.05, 4.69) is 4.90 Å². The number of benzene rings is 2. The molecule has 0 spiro atoms. The SMILES string of the molecule is O=Cc1ccccc1OCC(=O)N1CCCN(Cc2ccc(Cl)cc2)CC1. The van der Waals surface area contributed by atoms with Crippen LogP contribution in [0.5, 0.6) is 5.75 Å². The van der Waals surface area contributed by atoms with Gasteiger partial charge < -0.3 is 9.64 Å². The predicted molar refractivity (Wildman–Crippen MR) is 105 cm³/mol. The summed E-state index contributed by atoms with van der Waals surface area (Å²) in [6.45, 7) is 3.95. The van der Waals surface area contributed by atoms with Gasteiger partial charge in [0.15, 0.2) is 12.9 Å². The molecule has 1 heterocycles. The molecule has 142 valence electrons. The van der Waals surface area contributed by atoms with Crippen LogP contribution in [0.4, 0.5) is 0 Å². The largest absolute Gasteiger partial charge is 0.483 e. The molecule has 0 unspecified atom stereocenters. The van der Waals surface area contributed by atoms with E-state index in [0.717, 1.165) is 37.4 Å². The highest BCUT2D eigenvalue weighted by atomic mass is 35.5. The van der Waals surface area contributed by atoms with Crippen LogP contribution in [0.2, 0.25) is 5.02 Å². The molecule has 0 radical (unpaired) electrons. The third-order valence-corrected chi connectivity index (χ3v) is 4.91. The Morgan fingerprint density at radius 2 is 1.81 bits per heavy atom. The molecule has 0 aliphatic carbocycles. The highest BCUT2D eigenvalue weighted by molar-refractivity contribution is 6.30. The number of aldehydes is 1. The maximum atomic E-state index is 12.5. The Morgan fingerprint density at radius 3 is 2.59 bits per heavy atom. The van der Waals surface area contributed by atoms with Crippen LogP contribution in [-0.2, 0) is 11.3 Å². The average Bonchev–Trinajstić information content (AvgIpc) is 2.94. The smallest absolute Gasteiger partial charge is 0.260 e. The Kier molecular flexibility index (Phi) is 6.85. The number of hydrogen-bond donors (Lipinski definition) is 0. The van der Waals surface area contributed by atoms with Gasteiger partial charge in [-0.1, -0.05) is 35.9 Å². The van der Waals surface area contributed by atoms with E-state index in [1.54, 1.807) is 24.3 Å². The van der Waals surface area contributed by atoms with Gasteiger partial charge in [0.2, 0.25) is 0 Å². The van der Waals surface area contributed by atoms with Crippen molar-refractivity contribution in [3.8, 4) is 5.75 Å². The molecule has 0 aromatic heterocycles. The maximum absolute atomic E-state index is 12.5. The Labute approximate surface area is 164 Å². The fourth-order valence-corrected chi connectivity index (χ4v) is 3.29. The van der Waals surface area contributed by atoms with Gasteiger partial charge in [0, 0.05) is 37.7 Å². The van der Waals surface area contributed by atoms with Gasteiger partial charge in [-0.3, -0.25) is 14.5 Å². The molecule has 5 nitrogen and oxygen atoms in total. The van der Waals surface area contributed by atoms with Crippen molar-refractivity contribution in [2.45, 2.75) is 13.0 Å². The highest BCUT2D eigenvalue weighted by Crippen LogP contribution is 2.16. The number of nitrogens with zero attached hydrogens (tertiary/aromatic N) is 2. The van der Waals surface area contributed by atoms with Gasteiger partial charge in [0.1, 0.15) is 5.75 Å². The lowest BCUT2D eigenvalue weighted by Gasteiger charge is -2.22. The summed E-state index contributed by atoms with van der Waals surface area (Å²) >= 11 is 5.94. The molecule has 1 amide bonds. The average molecular weight is 387 g/mol. The first-order chi connectivity index (χ1) is 13.2. The van der Waals surface area contributed by atoms with E-state index in [1.807, 2.05) is 29.2 Å². The molecule has 3 rings (SSSR count). The minimum Gasteiger partial charge on any atom is -0.483 e. The molecule has 0 atom stereocenters. The lowest BCUT2D eigenvalue weighted by Crippen LogP contribution is -2.38. The van der Waals surface area contributed by atoms with Gasteiger partial charge in [0.05, 0.1) is 5.56 Å². The topological polar surface area (TPSA) is 49.9 Å². The lowest BCUT2D eigenvalue weighted by atomic mass is 10.2. The van der Waals surface area contributed by atoms with Crippen molar-refractivity contribution in [2.24, 2.45) is 0 Å². The Hall–Kier alpha value is -2.37. The van der Waals surface area contributed by atoms with E-state index in [9.17, 15) is 9.59 Å². The van der Waals surface area contributed by atoms with Gasteiger partial charge in [-0.25, -0.2) is 0 Å². The number of ether oxygens (including phenoxy) is 1. The van der Waals surface area contributed by atoms with E-state index < -0.39 is 0 Å². The van der Waals surface area contributed by atoms with Crippen LogP contribution in [0.1, 0.15) is 22.3 Å². The van der Waals surface area contributed by atoms with E-state index in [4.69, 9.17) is 16.3 Å². The van der Waals surface area contributed by atoms with Crippen LogP contribution in [0.25, 0.3) is 0 Å². The molecular formula is C21H23ClN2O3. The van der Waals surface area contributed by atoms with Crippen molar-refractivity contribution >= 4 is 23.8 Å². The summed E-state index contributed by atoms with van der Waals surface area (Å²) in [5.74, 6) is 0.393. The number of rotatable bonds is 6. The van der Waals surface area contributed by atoms with Crippen molar-refractivity contribution < 1.29 is 14.3 Å². The van der Waals surface area contributed by atoms with Gasteiger partial charge in [-0.05, 0) is 36.2 Å². The summed E-state index contributed by atoms with van der Waals surface area (Å²) in [6, 6.07) is 14.8. The van der Waals surface area contributed by atoms with Crippen LogP contribution in [0, 0.1) is 0 Å². The zero-order chi connectivity index (χ0) is 19.1. The molecule has 0 saturated carbocycles. The van der Waals surface area contributed by atoms with Crippen molar-refractivity contribution in [2.75, 3.05) is 32.8 Å². The second kappa shape index (κ2) is 9.53. The van der Waals surface area contributed by atoms with Crippen molar-refractivity contribution in [3.05, 3.63) is 64.7 Å². The van der Waals surface area contributed by atoms with Crippen LogP contribution < -0.4 is 4.74 Å². The monoisotopic (exact) mass is 386 g/mol. The number of para-hydroxylation sites is 1. The molecule has 2 aromatic carbocycles. The summed E-state index contributed by atoms with van der Waals surface area (Å²) in [6.07, 6.45) is 1.66. The normalized spacial score (nSPS) is 15.2. The molecule has 2 aromatic rings. The second-order valence-electron chi connectivity index (χ2n) is 6.58. The fraction of sp³-hybridized carbons (Fsp3) is 0.333. The minimum atomic E-state index is -0.0535. The Balaban J connectivity index is 1.50. The predicted octanol–water partition coefficient (Wildman–Crippen LogP) is 3.27. The van der Waals surface area contributed by atoms with Gasteiger partial charge in [-0.2, -0.15) is 0 Å². The molecular weight excluding hydrogens is 364 g/mol. The molecule has 6 heteroatoms. The summed E-state index contributed by atoms with van der Waals surface area (Å²) in [5, 5.41) is 0.738. The third-order valence-electron chi connectivity index (χ3n) is 4.66. The molecule has 1 saturated heterocycles. The molecule has 1 aliphatic heterocycles. The molecule has 0 bridgehead atoms. The molecule has 27 heavy (non-hydrogen) atoms. The lowest BCUT2D eigenvalue weighted by molar-refractivity contribution is -0.133. The standard InChI is InChI=1S/C21H23ClN2O3/c22-19-8-6-17(7-9-19)14-23-10-3-11-24(13-12-23)21(26)16-27-20-5-2-1-4-18(20)15-25/h1-2,4-9,15H,3,10-14,16H2. The fourth-order valence-electron chi connectivity index (χ4n) is 3.17. The van der Waals surface area contributed by atoms with Crippen LogP contribution in [0.3, 0.4) is 0 Å². The summed E-state index contributed by atoms with van der Waals surface area (Å²) in [7, 11) is 0. The second-order valence-corrected chi connectivity index (χ2v) is 7.02. The number of carbonyl (C=O) groups is 2. The highest BCUT2D eigenvalue weighted by Gasteiger charge is 2.20. The Bertz CT molecular complexity index is 779.